The number of hydrogen-bond acceptors (Lipinski definition) is 3. The summed E-state index contributed by atoms with van der Waals surface area (Å²) in [6, 6.07) is 8.29. The number of rotatable bonds is 4. The second-order valence-electron chi connectivity index (χ2n) is 4.97. The fourth-order valence-corrected chi connectivity index (χ4v) is 2.81. The third-order valence-electron chi connectivity index (χ3n) is 3.75. The lowest BCUT2D eigenvalue weighted by Gasteiger charge is -2.08. The number of methoxy groups -OCH3 is 1. The first-order valence-corrected chi connectivity index (χ1v) is 6.88. The smallest absolute Gasteiger partial charge is 0.120 e. The Kier molecular flexibility index (Phi) is 3.32. The maximum atomic E-state index is 5.67. The molecule has 0 bridgehead atoms. The summed E-state index contributed by atoms with van der Waals surface area (Å²) >= 11 is 0. The van der Waals surface area contributed by atoms with Crippen LogP contribution in [0.1, 0.15) is 12.1 Å². The van der Waals surface area contributed by atoms with Crippen LogP contribution in [-0.2, 0) is 6.54 Å². The summed E-state index contributed by atoms with van der Waals surface area (Å²) in [6.45, 7) is 3.64. The van der Waals surface area contributed by atoms with Crippen LogP contribution in [0.15, 0.2) is 30.5 Å². The van der Waals surface area contributed by atoms with Gasteiger partial charge in [0, 0.05) is 29.6 Å². The van der Waals surface area contributed by atoms with E-state index in [-0.39, 0.29) is 0 Å². The predicted molar refractivity (Wildman–Crippen MR) is 82.2 cm³/mol. The minimum Gasteiger partial charge on any atom is -0.497 e. The molecule has 0 unspecified atom stereocenters. The molecule has 3 rings (SSSR count). The third-order valence-corrected chi connectivity index (χ3v) is 3.75. The van der Waals surface area contributed by atoms with Crippen molar-refractivity contribution in [2.75, 3.05) is 13.7 Å². The Bertz CT molecular complexity index is 761. The number of pyridine rings is 1. The number of hydrogen-bond donors (Lipinski definition) is 1. The van der Waals surface area contributed by atoms with Crippen molar-refractivity contribution in [1.82, 2.24) is 9.55 Å². The Morgan fingerprint density at radius 3 is 2.85 bits per heavy atom. The Balaban J connectivity index is 2.37. The summed E-state index contributed by atoms with van der Waals surface area (Å²) in [5.74, 6) is 0.875. The molecule has 4 heteroatoms. The van der Waals surface area contributed by atoms with Gasteiger partial charge in [-0.3, -0.25) is 4.98 Å². The highest BCUT2D eigenvalue weighted by Gasteiger charge is 2.13. The van der Waals surface area contributed by atoms with Gasteiger partial charge in [0.25, 0.3) is 0 Å². The number of benzene rings is 1. The molecule has 2 N–H and O–H groups in total. The van der Waals surface area contributed by atoms with Crippen molar-refractivity contribution >= 4 is 21.8 Å². The number of nitrogens with two attached hydrogens (primary N) is 1. The van der Waals surface area contributed by atoms with E-state index in [0.29, 0.717) is 6.54 Å². The summed E-state index contributed by atoms with van der Waals surface area (Å²) in [5.41, 5.74) is 9.11. The minimum absolute atomic E-state index is 0.685. The van der Waals surface area contributed by atoms with Gasteiger partial charge < -0.3 is 15.0 Å². The van der Waals surface area contributed by atoms with E-state index in [1.54, 1.807) is 7.11 Å². The molecule has 0 aliphatic rings. The topological polar surface area (TPSA) is 53.1 Å². The Morgan fingerprint density at radius 1 is 1.25 bits per heavy atom. The summed E-state index contributed by atoms with van der Waals surface area (Å²) in [4.78, 5) is 4.43. The maximum absolute atomic E-state index is 5.67. The van der Waals surface area contributed by atoms with Gasteiger partial charge in [-0.1, -0.05) is 0 Å². The van der Waals surface area contributed by atoms with Crippen LogP contribution in [0, 0.1) is 6.92 Å². The van der Waals surface area contributed by atoms with Crippen molar-refractivity contribution in [1.29, 1.82) is 0 Å². The fraction of sp³-hybridized carbons (Fsp3) is 0.312. The first-order chi connectivity index (χ1) is 9.76. The van der Waals surface area contributed by atoms with Gasteiger partial charge in [-0.05, 0) is 38.1 Å². The van der Waals surface area contributed by atoms with Gasteiger partial charge >= 0.3 is 0 Å². The van der Waals surface area contributed by atoms with E-state index < -0.39 is 0 Å². The Hall–Kier alpha value is -2.07. The quantitative estimate of drug-likeness (QED) is 0.792. The summed E-state index contributed by atoms with van der Waals surface area (Å²) in [7, 11) is 1.70. The molecular formula is C16H19N3O. The third kappa shape index (κ3) is 1.93. The SMILES string of the molecule is COc1ccc2c3ccnc(C)c3n(CCCN)c2c1. The van der Waals surface area contributed by atoms with Gasteiger partial charge in [-0.15, -0.1) is 0 Å². The van der Waals surface area contributed by atoms with Crippen LogP contribution in [0.25, 0.3) is 21.8 Å². The number of nitrogens with zero attached hydrogens (tertiary/aromatic N) is 2. The fourth-order valence-electron chi connectivity index (χ4n) is 2.81. The van der Waals surface area contributed by atoms with Crippen LogP contribution in [-0.4, -0.2) is 23.2 Å². The highest BCUT2D eigenvalue weighted by molar-refractivity contribution is 6.09. The lowest BCUT2D eigenvalue weighted by atomic mass is 10.1. The van der Waals surface area contributed by atoms with E-state index in [1.165, 1.54) is 21.8 Å². The standard InChI is InChI=1S/C16H19N3O/c1-11-16-14(6-8-18-11)13-5-4-12(20-2)10-15(13)19(16)9-3-7-17/h4-6,8,10H,3,7,9,17H2,1-2H3. The summed E-state index contributed by atoms with van der Waals surface area (Å²) in [5, 5.41) is 2.48. The first-order valence-electron chi connectivity index (χ1n) is 6.88. The average Bonchev–Trinajstić information content (AvgIpc) is 2.79. The maximum Gasteiger partial charge on any atom is 0.120 e. The lowest BCUT2D eigenvalue weighted by Crippen LogP contribution is -2.06. The van der Waals surface area contributed by atoms with Crippen molar-refractivity contribution in [2.45, 2.75) is 19.9 Å². The molecule has 0 radical (unpaired) electrons. The van der Waals surface area contributed by atoms with Gasteiger partial charge in [0.15, 0.2) is 0 Å². The van der Waals surface area contributed by atoms with Crippen molar-refractivity contribution in [3.63, 3.8) is 0 Å². The molecule has 2 heterocycles. The summed E-state index contributed by atoms with van der Waals surface area (Å²) < 4.78 is 7.66. The monoisotopic (exact) mass is 269 g/mol. The second-order valence-corrected chi connectivity index (χ2v) is 4.97. The molecule has 0 aliphatic heterocycles. The highest BCUT2D eigenvalue weighted by atomic mass is 16.5. The van der Waals surface area contributed by atoms with E-state index in [9.17, 15) is 0 Å². The molecule has 1 aromatic carbocycles. The minimum atomic E-state index is 0.685. The molecule has 0 aliphatic carbocycles. The molecule has 0 fully saturated rings. The van der Waals surface area contributed by atoms with Crippen molar-refractivity contribution < 1.29 is 4.74 Å². The Labute approximate surface area is 118 Å². The molecule has 3 aromatic rings. The molecule has 4 nitrogen and oxygen atoms in total. The molecule has 0 amide bonds. The van der Waals surface area contributed by atoms with Crippen LogP contribution in [0.3, 0.4) is 0 Å². The molecule has 2 aromatic heterocycles. The van der Waals surface area contributed by atoms with Crippen molar-refractivity contribution in [3.05, 3.63) is 36.2 Å². The molecule has 0 saturated heterocycles. The van der Waals surface area contributed by atoms with Crippen molar-refractivity contribution in [3.8, 4) is 5.75 Å². The second kappa shape index (κ2) is 5.13. The number of fused-ring (bicyclic) bond motifs is 3. The van der Waals surface area contributed by atoms with Crippen LogP contribution >= 0.6 is 0 Å². The zero-order valence-corrected chi connectivity index (χ0v) is 11.9. The van der Waals surface area contributed by atoms with Crippen LogP contribution in [0.4, 0.5) is 0 Å². The molecule has 0 saturated carbocycles. The first kappa shape index (κ1) is 12.9. The van der Waals surface area contributed by atoms with Crippen LogP contribution in [0.5, 0.6) is 5.75 Å². The lowest BCUT2D eigenvalue weighted by molar-refractivity contribution is 0.415. The zero-order valence-electron chi connectivity index (χ0n) is 11.9. The number of aryl methyl sites for hydroxylation is 2. The van der Waals surface area contributed by atoms with E-state index in [1.807, 2.05) is 12.3 Å². The van der Waals surface area contributed by atoms with Gasteiger partial charge in [0.1, 0.15) is 5.75 Å². The van der Waals surface area contributed by atoms with E-state index in [2.05, 4.69) is 34.7 Å². The van der Waals surface area contributed by atoms with Gasteiger partial charge in [0.2, 0.25) is 0 Å². The molecule has 0 spiro atoms. The van der Waals surface area contributed by atoms with Gasteiger partial charge in [-0.25, -0.2) is 0 Å². The molecule has 104 valence electrons. The van der Waals surface area contributed by atoms with Crippen LogP contribution in [0.2, 0.25) is 0 Å². The average molecular weight is 269 g/mol. The number of aromatic nitrogens is 2. The van der Waals surface area contributed by atoms with E-state index in [0.717, 1.165) is 24.4 Å². The molecule has 0 atom stereocenters. The van der Waals surface area contributed by atoms with Crippen LogP contribution < -0.4 is 10.5 Å². The predicted octanol–water partition coefficient (Wildman–Crippen LogP) is 2.86. The van der Waals surface area contributed by atoms with Crippen molar-refractivity contribution in [2.24, 2.45) is 5.73 Å². The zero-order chi connectivity index (χ0) is 14.1. The molecular weight excluding hydrogens is 250 g/mol. The van der Waals surface area contributed by atoms with Gasteiger partial charge in [0.05, 0.1) is 23.8 Å². The largest absolute Gasteiger partial charge is 0.497 e. The number of ether oxygens (including phenoxy) is 1. The normalized spacial score (nSPS) is 11.3. The van der Waals surface area contributed by atoms with E-state index in [4.69, 9.17) is 10.5 Å². The highest BCUT2D eigenvalue weighted by Crippen LogP contribution is 2.32. The Morgan fingerprint density at radius 2 is 2.10 bits per heavy atom. The molecule has 20 heavy (non-hydrogen) atoms. The van der Waals surface area contributed by atoms with Gasteiger partial charge in [-0.2, -0.15) is 0 Å². The summed E-state index contributed by atoms with van der Waals surface area (Å²) in [6.07, 6.45) is 2.82. The van der Waals surface area contributed by atoms with E-state index >= 15 is 0 Å².